The molecule has 90 valence electrons. The lowest BCUT2D eigenvalue weighted by molar-refractivity contribution is 0.238. The maximum absolute atomic E-state index is 11.3. The van der Waals surface area contributed by atoms with Crippen LogP contribution in [0.5, 0.6) is 0 Å². The molecule has 0 bridgehead atoms. The van der Waals surface area contributed by atoms with Crippen LogP contribution in [0, 0.1) is 5.92 Å². The van der Waals surface area contributed by atoms with Crippen molar-refractivity contribution in [3.8, 4) is 0 Å². The van der Waals surface area contributed by atoms with Crippen LogP contribution in [0.4, 0.5) is 4.79 Å². The Morgan fingerprint density at radius 2 is 1.87 bits per heavy atom. The van der Waals surface area contributed by atoms with E-state index in [9.17, 15) is 4.79 Å². The van der Waals surface area contributed by atoms with Crippen molar-refractivity contribution in [2.45, 2.75) is 52.9 Å². The number of hydrogen-bond donors (Lipinski definition) is 2. The molecule has 2 amide bonds. The van der Waals surface area contributed by atoms with Crippen molar-refractivity contribution in [1.82, 2.24) is 10.6 Å². The molecule has 0 saturated carbocycles. The minimum atomic E-state index is -0.0215. The molecule has 0 aromatic heterocycles. The maximum atomic E-state index is 11.3. The molecular formula is C12H26N2O. The van der Waals surface area contributed by atoms with Crippen LogP contribution in [0.1, 0.15) is 52.9 Å². The van der Waals surface area contributed by atoms with Gasteiger partial charge in [-0.3, -0.25) is 0 Å². The predicted molar refractivity (Wildman–Crippen MR) is 65.0 cm³/mol. The highest BCUT2D eigenvalue weighted by atomic mass is 16.2. The average molecular weight is 214 g/mol. The highest BCUT2D eigenvalue weighted by molar-refractivity contribution is 5.73. The standard InChI is InChI=1S/C12H26N2O/c1-4-7-8-11(6-3)10-14-12(15)13-9-5-2/h11H,4-10H2,1-3H3,(H2,13,14,15). The molecule has 0 rings (SSSR count). The van der Waals surface area contributed by atoms with Crippen molar-refractivity contribution in [1.29, 1.82) is 0 Å². The minimum absolute atomic E-state index is 0.0215. The van der Waals surface area contributed by atoms with Gasteiger partial charge in [-0.25, -0.2) is 4.79 Å². The van der Waals surface area contributed by atoms with Crippen LogP contribution in [0.2, 0.25) is 0 Å². The van der Waals surface area contributed by atoms with E-state index in [1.165, 1.54) is 19.3 Å². The topological polar surface area (TPSA) is 41.1 Å². The molecule has 0 aromatic carbocycles. The monoisotopic (exact) mass is 214 g/mol. The molecule has 0 spiro atoms. The molecule has 3 heteroatoms. The fraction of sp³-hybridized carbons (Fsp3) is 0.917. The molecule has 3 nitrogen and oxygen atoms in total. The lowest BCUT2D eigenvalue weighted by Gasteiger charge is -2.15. The zero-order chi connectivity index (χ0) is 11.5. The third-order valence-corrected chi connectivity index (χ3v) is 2.63. The Kier molecular flexibility index (Phi) is 9.33. The summed E-state index contributed by atoms with van der Waals surface area (Å²) in [6.07, 6.45) is 5.85. The van der Waals surface area contributed by atoms with E-state index in [-0.39, 0.29) is 6.03 Å². The summed E-state index contributed by atoms with van der Waals surface area (Å²) in [7, 11) is 0. The van der Waals surface area contributed by atoms with Gasteiger partial charge in [-0.2, -0.15) is 0 Å². The van der Waals surface area contributed by atoms with Gasteiger partial charge < -0.3 is 10.6 Å². The van der Waals surface area contributed by atoms with Gasteiger partial charge >= 0.3 is 6.03 Å². The number of urea groups is 1. The number of hydrogen-bond acceptors (Lipinski definition) is 1. The quantitative estimate of drug-likeness (QED) is 0.641. The molecule has 0 aliphatic rings. The number of carbonyl (C=O) groups excluding carboxylic acids is 1. The predicted octanol–water partition coefficient (Wildman–Crippen LogP) is 2.91. The number of unbranched alkanes of at least 4 members (excludes halogenated alkanes) is 1. The summed E-state index contributed by atoms with van der Waals surface area (Å²) in [5, 5.41) is 5.75. The highest BCUT2D eigenvalue weighted by Crippen LogP contribution is 2.10. The second kappa shape index (κ2) is 9.81. The lowest BCUT2D eigenvalue weighted by atomic mass is 9.99. The summed E-state index contributed by atoms with van der Waals surface area (Å²) in [5.74, 6) is 0.636. The summed E-state index contributed by atoms with van der Waals surface area (Å²) >= 11 is 0. The molecular weight excluding hydrogens is 188 g/mol. The van der Waals surface area contributed by atoms with Gasteiger partial charge in [0.15, 0.2) is 0 Å². The molecule has 2 N–H and O–H groups in total. The van der Waals surface area contributed by atoms with Crippen LogP contribution in [-0.4, -0.2) is 19.1 Å². The van der Waals surface area contributed by atoms with E-state index in [0.29, 0.717) is 5.92 Å². The first-order valence-corrected chi connectivity index (χ1v) is 6.26. The second-order valence-electron chi connectivity index (χ2n) is 4.05. The fourth-order valence-electron chi connectivity index (χ4n) is 1.48. The van der Waals surface area contributed by atoms with Gasteiger partial charge in [0.2, 0.25) is 0 Å². The van der Waals surface area contributed by atoms with E-state index in [1.54, 1.807) is 0 Å². The van der Waals surface area contributed by atoms with Gasteiger partial charge in [0.1, 0.15) is 0 Å². The number of carbonyl (C=O) groups is 1. The molecule has 0 saturated heterocycles. The van der Waals surface area contributed by atoms with Crippen LogP contribution in [0.15, 0.2) is 0 Å². The Labute approximate surface area is 94.0 Å². The molecule has 0 heterocycles. The third kappa shape index (κ3) is 8.28. The van der Waals surface area contributed by atoms with Crippen molar-refractivity contribution in [3.63, 3.8) is 0 Å². The number of amides is 2. The molecule has 0 fully saturated rings. The van der Waals surface area contributed by atoms with Crippen molar-refractivity contribution in [3.05, 3.63) is 0 Å². The first-order valence-electron chi connectivity index (χ1n) is 6.26. The van der Waals surface area contributed by atoms with E-state index in [2.05, 4.69) is 31.4 Å². The Morgan fingerprint density at radius 3 is 2.40 bits per heavy atom. The SMILES string of the molecule is CCCCC(CC)CNC(=O)NCCC. The van der Waals surface area contributed by atoms with Crippen molar-refractivity contribution < 1.29 is 4.79 Å². The van der Waals surface area contributed by atoms with Gasteiger partial charge in [-0.15, -0.1) is 0 Å². The van der Waals surface area contributed by atoms with E-state index in [4.69, 9.17) is 0 Å². The Balaban J connectivity index is 3.55. The van der Waals surface area contributed by atoms with Crippen molar-refractivity contribution in [2.75, 3.05) is 13.1 Å². The fourth-order valence-corrected chi connectivity index (χ4v) is 1.48. The smallest absolute Gasteiger partial charge is 0.314 e. The molecule has 0 aliphatic heterocycles. The first kappa shape index (κ1) is 14.3. The summed E-state index contributed by atoms with van der Waals surface area (Å²) in [6, 6.07) is -0.0215. The molecule has 15 heavy (non-hydrogen) atoms. The molecule has 0 aromatic rings. The zero-order valence-corrected chi connectivity index (χ0v) is 10.4. The molecule has 0 aliphatic carbocycles. The van der Waals surface area contributed by atoms with Crippen LogP contribution in [0.25, 0.3) is 0 Å². The van der Waals surface area contributed by atoms with Crippen molar-refractivity contribution >= 4 is 6.03 Å². The largest absolute Gasteiger partial charge is 0.338 e. The summed E-state index contributed by atoms with van der Waals surface area (Å²) in [4.78, 5) is 11.3. The zero-order valence-electron chi connectivity index (χ0n) is 10.4. The highest BCUT2D eigenvalue weighted by Gasteiger charge is 2.07. The van der Waals surface area contributed by atoms with Crippen molar-refractivity contribution in [2.24, 2.45) is 5.92 Å². The second-order valence-corrected chi connectivity index (χ2v) is 4.05. The van der Waals surface area contributed by atoms with Crippen LogP contribution in [0.3, 0.4) is 0 Å². The van der Waals surface area contributed by atoms with Gasteiger partial charge in [0.25, 0.3) is 0 Å². The lowest BCUT2D eigenvalue weighted by Crippen LogP contribution is -2.38. The Hall–Kier alpha value is -0.730. The molecule has 1 atom stereocenters. The van der Waals surface area contributed by atoms with Crippen LogP contribution < -0.4 is 10.6 Å². The minimum Gasteiger partial charge on any atom is -0.338 e. The van der Waals surface area contributed by atoms with E-state index >= 15 is 0 Å². The summed E-state index contributed by atoms with van der Waals surface area (Å²) < 4.78 is 0. The van der Waals surface area contributed by atoms with E-state index < -0.39 is 0 Å². The van der Waals surface area contributed by atoms with Gasteiger partial charge in [0.05, 0.1) is 0 Å². The van der Waals surface area contributed by atoms with Crippen LogP contribution in [-0.2, 0) is 0 Å². The van der Waals surface area contributed by atoms with Crippen LogP contribution >= 0.6 is 0 Å². The normalized spacial score (nSPS) is 12.2. The maximum Gasteiger partial charge on any atom is 0.314 e. The van der Waals surface area contributed by atoms with E-state index in [1.807, 2.05) is 0 Å². The third-order valence-electron chi connectivity index (χ3n) is 2.63. The Bertz CT molecular complexity index is 160. The van der Waals surface area contributed by atoms with E-state index in [0.717, 1.165) is 25.9 Å². The summed E-state index contributed by atoms with van der Waals surface area (Å²) in [6.45, 7) is 8.01. The number of rotatable bonds is 8. The molecule has 0 radical (unpaired) electrons. The first-order chi connectivity index (χ1) is 7.24. The average Bonchev–Trinajstić information content (AvgIpc) is 2.26. The van der Waals surface area contributed by atoms with Gasteiger partial charge in [-0.1, -0.05) is 40.0 Å². The Morgan fingerprint density at radius 1 is 1.13 bits per heavy atom. The van der Waals surface area contributed by atoms with Gasteiger partial charge in [-0.05, 0) is 18.8 Å². The number of nitrogens with one attached hydrogen (secondary N) is 2. The van der Waals surface area contributed by atoms with Gasteiger partial charge in [0, 0.05) is 13.1 Å². The summed E-state index contributed by atoms with van der Waals surface area (Å²) in [5.41, 5.74) is 0. The molecule has 1 unspecified atom stereocenters.